The predicted octanol–water partition coefficient (Wildman–Crippen LogP) is 3.33. The monoisotopic (exact) mass is 234 g/mol. The Labute approximate surface area is 104 Å². The van der Waals surface area contributed by atoms with Gasteiger partial charge in [-0.15, -0.1) is 0 Å². The zero-order valence-electron chi connectivity index (χ0n) is 11.2. The Balaban J connectivity index is 2.84. The van der Waals surface area contributed by atoms with E-state index in [2.05, 4.69) is 26.8 Å². The summed E-state index contributed by atoms with van der Waals surface area (Å²) < 4.78 is 0. The summed E-state index contributed by atoms with van der Waals surface area (Å²) >= 11 is 0. The van der Waals surface area contributed by atoms with Gasteiger partial charge in [-0.1, -0.05) is 32.9 Å². The van der Waals surface area contributed by atoms with Gasteiger partial charge in [-0.3, -0.25) is 9.59 Å². The van der Waals surface area contributed by atoms with Crippen molar-refractivity contribution in [2.24, 2.45) is 17.3 Å². The van der Waals surface area contributed by atoms with Crippen LogP contribution in [0, 0.1) is 17.3 Å². The highest BCUT2D eigenvalue weighted by Crippen LogP contribution is 2.43. The molecule has 0 bridgehead atoms. The van der Waals surface area contributed by atoms with Crippen LogP contribution in [0.2, 0.25) is 0 Å². The fourth-order valence-electron chi connectivity index (χ4n) is 2.82. The third kappa shape index (κ3) is 3.65. The van der Waals surface area contributed by atoms with E-state index in [4.69, 9.17) is 0 Å². The lowest BCUT2D eigenvalue weighted by Crippen LogP contribution is -2.36. The number of aldehydes is 1. The summed E-state index contributed by atoms with van der Waals surface area (Å²) in [4.78, 5) is 21.9. The Hall–Kier alpha value is -1.18. The molecule has 2 nitrogen and oxygen atoms in total. The van der Waals surface area contributed by atoms with Crippen LogP contribution in [0.1, 0.15) is 40.5 Å². The molecule has 1 saturated carbocycles. The van der Waals surface area contributed by atoms with Crippen LogP contribution in [0.15, 0.2) is 23.8 Å². The first-order valence-corrected chi connectivity index (χ1v) is 6.19. The molecule has 0 heterocycles. The van der Waals surface area contributed by atoms with Gasteiger partial charge >= 0.3 is 0 Å². The number of Topliss-reactive ketones (excluding diaryl/α,β-unsaturated/α-hetero) is 1. The lowest BCUT2D eigenvalue weighted by molar-refractivity contribution is -0.126. The molecule has 0 radical (unpaired) electrons. The van der Waals surface area contributed by atoms with Gasteiger partial charge < -0.3 is 0 Å². The Morgan fingerprint density at radius 1 is 1.41 bits per heavy atom. The summed E-state index contributed by atoms with van der Waals surface area (Å²) in [6.07, 6.45) is 7.85. The fraction of sp³-hybridized carbons (Fsp3) is 0.600. The first-order valence-electron chi connectivity index (χ1n) is 6.19. The topological polar surface area (TPSA) is 34.1 Å². The van der Waals surface area contributed by atoms with E-state index in [0.717, 1.165) is 11.9 Å². The van der Waals surface area contributed by atoms with Crippen molar-refractivity contribution < 1.29 is 9.59 Å². The number of ketones is 1. The molecule has 0 aromatic rings. The molecule has 0 aliphatic heterocycles. The van der Waals surface area contributed by atoms with Crippen molar-refractivity contribution in [3.63, 3.8) is 0 Å². The molecule has 17 heavy (non-hydrogen) atoms. The van der Waals surface area contributed by atoms with Gasteiger partial charge in [0, 0.05) is 12.8 Å². The van der Waals surface area contributed by atoms with Gasteiger partial charge in [-0.2, -0.15) is 0 Å². The van der Waals surface area contributed by atoms with E-state index < -0.39 is 0 Å². The van der Waals surface area contributed by atoms with Crippen molar-refractivity contribution in [2.75, 3.05) is 0 Å². The van der Waals surface area contributed by atoms with E-state index >= 15 is 0 Å². The standard InChI is InChI=1S/C15H22O2/c1-11(7-8-16)5-6-14-12(2)9-13(17)10-15(14,3)4/h5-8,12,14H,9-10H2,1-4H3/b6-5+,11-7-. The minimum Gasteiger partial charge on any atom is -0.300 e. The van der Waals surface area contributed by atoms with Crippen LogP contribution in [0.5, 0.6) is 0 Å². The highest BCUT2D eigenvalue weighted by atomic mass is 16.1. The molecule has 0 spiro atoms. The number of rotatable bonds is 3. The number of carbonyl (C=O) groups excluding carboxylic acids is 2. The second kappa shape index (κ2) is 5.44. The molecule has 2 heteroatoms. The van der Waals surface area contributed by atoms with Crippen molar-refractivity contribution in [1.82, 2.24) is 0 Å². The Kier molecular flexibility index (Phi) is 4.44. The van der Waals surface area contributed by atoms with Gasteiger partial charge in [0.1, 0.15) is 12.1 Å². The molecule has 1 rings (SSSR count). The number of hydrogen-bond donors (Lipinski definition) is 0. The highest BCUT2D eigenvalue weighted by molar-refractivity contribution is 5.80. The van der Waals surface area contributed by atoms with Crippen molar-refractivity contribution in [3.8, 4) is 0 Å². The average Bonchev–Trinajstić information content (AvgIpc) is 2.14. The highest BCUT2D eigenvalue weighted by Gasteiger charge is 2.38. The van der Waals surface area contributed by atoms with Crippen LogP contribution in [-0.4, -0.2) is 12.1 Å². The molecule has 2 unspecified atom stereocenters. The summed E-state index contributed by atoms with van der Waals surface area (Å²) in [7, 11) is 0. The Bertz CT molecular complexity index is 361. The van der Waals surface area contributed by atoms with E-state index in [1.54, 1.807) is 6.08 Å². The van der Waals surface area contributed by atoms with Gasteiger partial charge in [0.15, 0.2) is 0 Å². The third-order valence-corrected chi connectivity index (χ3v) is 3.62. The molecule has 1 aliphatic rings. The molecule has 0 saturated heterocycles. The molecule has 0 amide bonds. The minimum atomic E-state index is 0.0205. The van der Waals surface area contributed by atoms with Crippen molar-refractivity contribution >= 4 is 12.1 Å². The van der Waals surface area contributed by atoms with Crippen molar-refractivity contribution in [2.45, 2.75) is 40.5 Å². The Morgan fingerprint density at radius 2 is 2.06 bits per heavy atom. The molecule has 94 valence electrons. The summed E-state index contributed by atoms with van der Waals surface area (Å²) in [6, 6.07) is 0. The Morgan fingerprint density at radius 3 is 2.59 bits per heavy atom. The number of hydrogen-bond acceptors (Lipinski definition) is 2. The molecular weight excluding hydrogens is 212 g/mol. The summed E-state index contributed by atoms with van der Waals surface area (Å²) in [6.45, 7) is 8.34. The zero-order valence-corrected chi connectivity index (χ0v) is 11.2. The first kappa shape index (κ1) is 13.9. The van der Waals surface area contributed by atoms with Crippen LogP contribution in [0.3, 0.4) is 0 Å². The van der Waals surface area contributed by atoms with Crippen LogP contribution in [0.25, 0.3) is 0 Å². The van der Waals surface area contributed by atoms with Crippen molar-refractivity contribution in [1.29, 1.82) is 0 Å². The molecule has 1 aliphatic carbocycles. The van der Waals surface area contributed by atoms with Crippen LogP contribution >= 0.6 is 0 Å². The van der Waals surface area contributed by atoms with Crippen LogP contribution in [-0.2, 0) is 9.59 Å². The maximum absolute atomic E-state index is 11.6. The van der Waals surface area contributed by atoms with Crippen molar-refractivity contribution in [3.05, 3.63) is 23.8 Å². The summed E-state index contributed by atoms with van der Waals surface area (Å²) in [5, 5.41) is 0. The van der Waals surface area contributed by atoms with E-state index in [1.165, 1.54) is 0 Å². The van der Waals surface area contributed by atoms with Gasteiger partial charge in [0.2, 0.25) is 0 Å². The molecule has 1 fully saturated rings. The quantitative estimate of drug-likeness (QED) is 0.426. The maximum atomic E-state index is 11.6. The van der Waals surface area contributed by atoms with Gasteiger partial charge in [-0.25, -0.2) is 0 Å². The fourth-order valence-corrected chi connectivity index (χ4v) is 2.82. The molecular formula is C15H22O2. The summed E-state index contributed by atoms with van der Waals surface area (Å²) in [5.41, 5.74) is 0.979. The number of carbonyl (C=O) groups is 2. The predicted molar refractivity (Wildman–Crippen MR) is 69.6 cm³/mol. The second-order valence-corrected chi connectivity index (χ2v) is 5.82. The maximum Gasteiger partial charge on any atom is 0.143 e. The van der Waals surface area contributed by atoms with Gasteiger partial charge in [0.25, 0.3) is 0 Å². The smallest absolute Gasteiger partial charge is 0.143 e. The van der Waals surface area contributed by atoms with Crippen LogP contribution in [0.4, 0.5) is 0 Å². The average molecular weight is 234 g/mol. The normalized spacial score (nSPS) is 29.6. The molecule has 0 aromatic carbocycles. The zero-order chi connectivity index (χ0) is 13.1. The lowest BCUT2D eigenvalue weighted by atomic mass is 9.63. The van der Waals surface area contributed by atoms with E-state index in [0.29, 0.717) is 30.5 Å². The first-order chi connectivity index (χ1) is 7.86. The molecule has 2 atom stereocenters. The minimum absolute atomic E-state index is 0.0205. The number of allylic oxidation sites excluding steroid dienone is 4. The molecule has 0 aromatic heterocycles. The largest absolute Gasteiger partial charge is 0.300 e. The van der Waals surface area contributed by atoms with Gasteiger partial charge in [0.05, 0.1) is 0 Å². The third-order valence-electron chi connectivity index (χ3n) is 3.62. The van der Waals surface area contributed by atoms with E-state index in [1.807, 2.05) is 13.0 Å². The van der Waals surface area contributed by atoms with Gasteiger partial charge in [-0.05, 0) is 35.8 Å². The van der Waals surface area contributed by atoms with Crippen LogP contribution < -0.4 is 0 Å². The molecule has 0 N–H and O–H groups in total. The van der Waals surface area contributed by atoms with E-state index in [9.17, 15) is 9.59 Å². The summed E-state index contributed by atoms with van der Waals surface area (Å²) in [5.74, 6) is 1.15. The SMILES string of the molecule is CC(=C/C=O)/C=C/C1C(C)CC(=O)CC1(C)C. The second-order valence-electron chi connectivity index (χ2n) is 5.82. The lowest BCUT2D eigenvalue weighted by Gasteiger charge is -2.40. The van der Waals surface area contributed by atoms with E-state index in [-0.39, 0.29) is 5.41 Å².